The lowest BCUT2D eigenvalue weighted by Gasteiger charge is -1.98. The number of isothiocyanates is 1. The molecule has 0 amide bonds. The van der Waals surface area contributed by atoms with E-state index in [0.717, 1.165) is 0 Å². The van der Waals surface area contributed by atoms with E-state index in [4.69, 9.17) is 23.2 Å². The Kier molecular flexibility index (Phi) is 3.62. The molecule has 0 spiro atoms. The molecule has 0 saturated heterocycles. The number of aliphatic imine (C=N–C) groups is 1. The van der Waals surface area contributed by atoms with Crippen LogP contribution in [0.4, 0.5) is 5.69 Å². The number of halogens is 3. The molecule has 0 radical (unpaired) electrons. The standard InChI is InChI=1S/C6HBrCl2N2S/c7-4-1-3(8)5(10-2-12)6(9)11-4/h1H. The minimum absolute atomic E-state index is 0.201. The predicted octanol–water partition coefficient (Wildman–Crippen LogP) is 3.89. The van der Waals surface area contributed by atoms with Crippen molar-refractivity contribution in [2.75, 3.05) is 0 Å². The summed E-state index contributed by atoms with van der Waals surface area (Å²) in [6, 6.07) is 1.58. The normalized spacial score (nSPS) is 9.25. The Morgan fingerprint density at radius 3 is 2.75 bits per heavy atom. The molecule has 0 fully saturated rings. The van der Waals surface area contributed by atoms with Crippen molar-refractivity contribution in [3.05, 3.63) is 20.8 Å². The van der Waals surface area contributed by atoms with Crippen LogP contribution in [0.25, 0.3) is 0 Å². The second-order valence-electron chi connectivity index (χ2n) is 1.77. The van der Waals surface area contributed by atoms with Crippen LogP contribution < -0.4 is 0 Å². The lowest BCUT2D eigenvalue weighted by molar-refractivity contribution is 1.26. The van der Waals surface area contributed by atoms with Gasteiger partial charge in [-0.1, -0.05) is 23.2 Å². The van der Waals surface area contributed by atoms with E-state index >= 15 is 0 Å². The molecule has 12 heavy (non-hydrogen) atoms. The van der Waals surface area contributed by atoms with E-state index in [9.17, 15) is 0 Å². The summed E-state index contributed by atoms with van der Waals surface area (Å²) in [5.74, 6) is 0. The lowest BCUT2D eigenvalue weighted by atomic mass is 10.4. The number of thiocarbonyl (C=S) groups is 1. The maximum Gasteiger partial charge on any atom is 0.158 e. The van der Waals surface area contributed by atoms with Gasteiger partial charge in [-0.2, -0.15) is 4.99 Å². The van der Waals surface area contributed by atoms with Crippen molar-refractivity contribution in [2.45, 2.75) is 0 Å². The Bertz CT molecular complexity index is 340. The first-order valence-corrected chi connectivity index (χ1v) is 4.70. The van der Waals surface area contributed by atoms with E-state index in [1.165, 1.54) is 0 Å². The van der Waals surface area contributed by atoms with Gasteiger partial charge in [-0.05, 0) is 34.2 Å². The highest BCUT2D eigenvalue weighted by molar-refractivity contribution is 9.10. The molecule has 0 aliphatic heterocycles. The van der Waals surface area contributed by atoms with Crippen molar-refractivity contribution in [1.29, 1.82) is 0 Å². The quantitative estimate of drug-likeness (QED) is 0.444. The van der Waals surface area contributed by atoms with Crippen molar-refractivity contribution in [1.82, 2.24) is 4.98 Å². The van der Waals surface area contributed by atoms with Crippen molar-refractivity contribution < 1.29 is 0 Å². The topological polar surface area (TPSA) is 25.2 Å². The van der Waals surface area contributed by atoms with Crippen molar-refractivity contribution in [2.24, 2.45) is 4.99 Å². The minimum atomic E-state index is 0.201. The zero-order chi connectivity index (χ0) is 9.14. The van der Waals surface area contributed by atoms with Gasteiger partial charge in [0.15, 0.2) is 5.15 Å². The number of hydrogen-bond acceptors (Lipinski definition) is 3. The van der Waals surface area contributed by atoms with E-state index in [-0.39, 0.29) is 5.15 Å². The predicted molar refractivity (Wildman–Crippen MR) is 56.6 cm³/mol. The molecule has 6 heteroatoms. The fourth-order valence-electron chi connectivity index (χ4n) is 0.596. The summed E-state index contributed by atoms with van der Waals surface area (Å²) in [4.78, 5) is 7.54. The Hall–Kier alpha value is 0.01000. The van der Waals surface area contributed by atoms with Gasteiger partial charge in [0.05, 0.1) is 10.2 Å². The van der Waals surface area contributed by atoms with Crippen LogP contribution in [-0.4, -0.2) is 10.1 Å². The molecule has 0 unspecified atom stereocenters. The maximum atomic E-state index is 5.78. The highest BCUT2D eigenvalue weighted by Gasteiger charge is 2.06. The van der Waals surface area contributed by atoms with Gasteiger partial charge in [-0.3, -0.25) is 0 Å². The summed E-state index contributed by atoms with van der Waals surface area (Å²) in [7, 11) is 0. The molecule has 0 aliphatic carbocycles. The highest BCUT2D eigenvalue weighted by atomic mass is 79.9. The van der Waals surface area contributed by atoms with Crippen LogP contribution in [0.3, 0.4) is 0 Å². The smallest absolute Gasteiger partial charge is 0.158 e. The molecule has 0 aromatic carbocycles. The van der Waals surface area contributed by atoms with Crippen molar-refractivity contribution in [3.8, 4) is 0 Å². The van der Waals surface area contributed by atoms with Gasteiger partial charge in [0.1, 0.15) is 10.3 Å². The second kappa shape index (κ2) is 4.30. The monoisotopic (exact) mass is 282 g/mol. The molecule has 2 nitrogen and oxygen atoms in total. The van der Waals surface area contributed by atoms with Crippen LogP contribution in [-0.2, 0) is 0 Å². The molecular formula is C6HBrCl2N2S. The third-order valence-electron chi connectivity index (χ3n) is 1.03. The summed E-state index contributed by atoms with van der Waals surface area (Å²) in [5, 5.41) is 2.76. The molecule has 1 aromatic rings. The van der Waals surface area contributed by atoms with Crippen LogP contribution in [0.5, 0.6) is 0 Å². The van der Waals surface area contributed by atoms with Gasteiger partial charge >= 0.3 is 0 Å². The zero-order valence-electron chi connectivity index (χ0n) is 5.51. The molecule has 1 rings (SSSR count). The summed E-state index contributed by atoms with van der Waals surface area (Å²) in [6.45, 7) is 0. The molecule has 0 N–H and O–H groups in total. The summed E-state index contributed by atoms with van der Waals surface area (Å²) < 4.78 is 0.556. The number of hydrogen-bond donors (Lipinski definition) is 0. The first-order chi connectivity index (χ1) is 5.65. The Morgan fingerprint density at radius 1 is 1.58 bits per heavy atom. The second-order valence-corrected chi connectivity index (χ2v) is 3.53. The van der Waals surface area contributed by atoms with E-state index < -0.39 is 0 Å². The van der Waals surface area contributed by atoms with E-state index in [0.29, 0.717) is 15.3 Å². The van der Waals surface area contributed by atoms with Crippen LogP contribution >= 0.6 is 51.3 Å². The molecule has 0 saturated carbocycles. The first kappa shape index (κ1) is 10.1. The largest absolute Gasteiger partial charge is 0.227 e. The third kappa shape index (κ3) is 2.25. The van der Waals surface area contributed by atoms with Crippen LogP contribution in [0.2, 0.25) is 10.2 Å². The maximum absolute atomic E-state index is 5.78. The van der Waals surface area contributed by atoms with Gasteiger partial charge in [0.2, 0.25) is 0 Å². The highest BCUT2D eigenvalue weighted by Crippen LogP contribution is 2.32. The fourth-order valence-corrected chi connectivity index (χ4v) is 1.85. The Labute approximate surface area is 92.7 Å². The van der Waals surface area contributed by atoms with Crippen LogP contribution in [0.1, 0.15) is 0 Å². The van der Waals surface area contributed by atoms with Gasteiger partial charge < -0.3 is 0 Å². The molecule has 1 aromatic heterocycles. The van der Waals surface area contributed by atoms with E-state index in [1.807, 2.05) is 0 Å². The molecule has 0 bridgehead atoms. The Morgan fingerprint density at radius 2 is 2.25 bits per heavy atom. The number of pyridine rings is 1. The average molecular weight is 284 g/mol. The van der Waals surface area contributed by atoms with Crippen LogP contribution in [0, 0.1) is 0 Å². The number of nitrogens with zero attached hydrogens (tertiary/aromatic N) is 2. The third-order valence-corrected chi connectivity index (χ3v) is 2.08. The number of rotatable bonds is 1. The molecule has 0 atom stereocenters. The summed E-state index contributed by atoms with van der Waals surface area (Å²) in [5.41, 5.74) is 0.344. The Balaban J connectivity index is 3.37. The van der Waals surface area contributed by atoms with Gasteiger partial charge in [0.25, 0.3) is 0 Å². The zero-order valence-corrected chi connectivity index (χ0v) is 9.43. The van der Waals surface area contributed by atoms with Crippen LogP contribution in [0.15, 0.2) is 15.7 Å². The summed E-state index contributed by atoms with van der Waals surface area (Å²) in [6.07, 6.45) is 0. The van der Waals surface area contributed by atoms with Crippen molar-refractivity contribution in [3.63, 3.8) is 0 Å². The molecule has 1 heterocycles. The number of aromatic nitrogens is 1. The molecular weight excluding hydrogens is 283 g/mol. The summed E-state index contributed by atoms with van der Waals surface area (Å²) >= 11 is 19.0. The molecule has 62 valence electrons. The van der Waals surface area contributed by atoms with Crippen molar-refractivity contribution >= 4 is 62.2 Å². The van der Waals surface area contributed by atoms with E-state index in [2.05, 4.69) is 43.3 Å². The SMILES string of the molecule is S=C=Nc1c(Cl)cc(Br)nc1Cl. The minimum Gasteiger partial charge on any atom is -0.227 e. The first-order valence-electron chi connectivity index (χ1n) is 2.74. The van der Waals surface area contributed by atoms with E-state index in [1.54, 1.807) is 6.07 Å². The average Bonchev–Trinajstić information content (AvgIpc) is 1.96. The van der Waals surface area contributed by atoms with Gasteiger partial charge in [-0.15, -0.1) is 0 Å². The van der Waals surface area contributed by atoms with Gasteiger partial charge in [-0.25, -0.2) is 4.98 Å². The van der Waals surface area contributed by atoms with Gasteiger partial charge in [0, 0.05) is 0 Å². The fraction of sp³-hybridized carbons (Fsp3) is 0. The lowest BCUT2D eigenvalue weighted by Crippen LogP contribution is -1.79. The molecule has 0 aliphatic rings.